The predicted molar refractivity (Wildman–Crippen MR) is 202 cm³/mol. The van der Waals surface area contributed by atoms with Gasteiger partial charge in [-0.25, -0.2) is 13.4 Å². The van der Waals surface area contributed by atoms with Crippen LogP contribution < -0.4 is 9.46 Å². The van der Waals surface area contributed by atoms with Crippen LogP contribution in [-0.2, 0) is 37.2 Å². The first kappa shape index (κ1) is 35.9. The molecular weight excluding hydrogens is 689 g/mol. The number of sulfonamides is 1. The van der Waals surface area contributed by atoms with E-state index in [9.17, 15) is 22.8 Å². The van der Waals surface area contributed by atoms with Crippen LogP contribution in [0.1, 0.15) is 100 Å². The number of rotatable bonds is 5. The van der Waals surface area contributed by atoms with Crippen molar-refractivity contribution in [1.29, 1.82) is 0 Å². The molecule has 1 spiro atoms. The van der Waals surface area contributed by atoms with Gasteiger partial charge in [0, 0.05) is 47.5 Å². The Morgan fingerprint density at radius 3 is 2.60 bits per heavy atom. The van der Waals surface area contributed by atoms with Gasteiger partial charge in [0.2, 0.25) is 21.8 Å². The molecule has 10 nitrogen and oxygen atoms in total. The maximum atomic E-state index is 14.9. The Morgan fingerprint density at radius 2 is 1.81 bits per heavy atom. The molecule has 8 rings (SSSR count). The van der Waals surface area contributed by atoms with E-state index >= 15 is 0 Å². The SMILES string of the molecule is Cc1cccc(C[C@H]2CCCCC/C=C\[C@@H]3C[C@@]3(C(=O)NS(=O)(=O)C3(C)CC3)CC(=O)[C@@H]3C[C@]4(CCc5c(c(C)nc6ccccc56)O4)CN3C2=O)n1. The van der Waals surface area contributed by atoms with Gasteiger partial charge in [-0.15, -0.1) is 0 Å². The number of aryl methyl sites for hydroxylation is 3. The van der Waals surface area contributed by atoms with Crippen LogP contribution >= 0.6 is 0 Å². The Labute approximate surface area is 312 Å². The molecule has 2 amide bonds. The van der Waals surface area contributed by atoms with E-state index in [1.54, 1.807) is 11.8 Å². The summed E-state index contributed by atoms with van der Waals surface area (Å²) in [4.78, 5) is 55.1. The molecule has 0 unspecified atom stereocenters. The highest BCUT2D eigenvalue weighted by molar-refractivity contribution is 7.91. The van der Waals surface area contributed by atoms with Crippen LogP contribution in [0, 0.1) is 31.1 Å². The zero-order valence-electron chi connectivity index (χ0n) is 31.0. The van der Waals surface area contributed by atoms with Crippen LogP contribution in [-0.4, -0.2) is 63.8 Å². The quantitative estimate of drug-likeness (QED) is 0.304. The van der Waals surface area contributed by atoms with Crippen molar-refractivity contribution in [2.45, 2.75) is 121 Å². The molecule has 5 aliphatic rings. The van der Waals surface area contributed by atoms with E-state index in [0.717, 1.165) is 65.0 Å². The zero-order valence-corrected chi connectivity index (χ0v) is 31.8. The molecule has 2 aromatic heterocycles. The third-order valence-corrected chi connectivity index (χ3v) is 14.9. The van der Waals surface area contributed by atoms with Crippen LogP contribution in [0.15, 0.2) is 54.6 Å². The van der Waals surface area contributed by atoms with E-state index in [-0.39, 0.29) is 36.5 Å². The fraction of sp³-hybridized carbons (Fsp3) is 0.548. The number of hydrogen-bond donors (Lipinski definition) is 1. The van der Waals surface area contributed by atoms with E-state index in [1.807, 2.05) is 56.3 Å². The number of nitrogens with zero attached hydrogens (tertiary/aromatic N) is 3. The van der Waals surface area contributed by atoms with Gasteiger partial charge in [0.05, 0.1) is 34.0 Å². The Morgan fingerprint density at radius 1 is 1.00 bits per heavy atom. The van der Waals surface area contributed by atoms with Gasteiger partial charge in [0.15, 0.2) is 5.78 Å². The molecule has 2 saturated carbocycles. The number of ketones is 1. The zero-order chi connectivity index (χ0) is 37.2. The lowest BCUT2D eigenvalue weighted by atomic mass is 9.85. The smallest absolute Gasteiger partial charge is 0.240 e. The summed E-state index contributed by atoms with van der Waals surface area (Å²) < 4.78 is 34.9. The first-order chi connectivity index (χ1) is 25.3. The number of nitrogens with one attached hydrogen (secondary N) is 1. The summed E-state index contributed by atoms with van der Waals surface area (Å²) in [6, 6.07) is 13.1. The average Bonchev–Trinajstić information content (AvgIpc) is 4.02. The van der Waals surface area contributed by atoms with Crippen molar-refractivity contribution < 1.29 is 27.5 Å². The Hall–Kier alpha value is -4.12. The van der Waals surface area contributed by atoms with Gasteiger partial charge in [-0.2, -0.15) is 0 Å². The maximum Gasteiger partial charge on any atom is 0.240 e. The van der Waals surface area contributed by atoms with Crippen LogP contribution in [0.4, 0.5) is 0 Å². The first-order valence-corrected chi connectivity index (χ1v) is 20.9. The Kier molecular flexibility index (Phi) is 9.02. The number of carbonyl (C=O) groups is 3. The van der Waals surface area contributed by atoms with Crippen molar-refractivity contribution >= 4 is 38.5 Å². The fourth-order valence-electron chi connectivity index (χ4n) is 9.08. The van der Waals surface area contributed by atoms with E-state index in [2.05, 4.69) is 16.9 Å². The lowest BCUT2D eigenvalue weighted by Crippen LogP contribution is -2.48. The fourth-order valence-corrected chi connectivity index (χ4v) is 10.4. The molecule has 11 heteroatoms. The lowest BCUT2D eigenvalue weighted by molar-refractivity contribution is -0.142. The second-order valence-corrected chi connectivity index (χ2v) is 18.9. The molecule has 0 radical (unpaired) electrons. The van der Waals surface area contributed by atoms with Crippen LogP contribution in [0.2, 0.25) is 0 Å². The molecular formula is C42H50N4O6S. The average molecular weight is 739 g/mol. The van der Waals surface area contributed by atoms with Gasteiger partial charge in [0.1, 0.15) is 11.4 Å². The highest BCUT2D eigenvalue weighted by Gasteiger charge is 2.63. The molecule has 1 N–H and O–H groups in total. The first-order valence-electron chi connectivity index (χ1n) is 19.4. The van der Waals surface area contributed by atoms with Crippen LogP contribution in [0.25, 0.3) is 10.9 Å². The molecule has 5 heterocycles. The number of hydrogen-bond acceptors (Lipinski definition) is 8. The number of amides is 2. The second-order valence-electron chi connectivity index (χ2n) is 16.7. The monoisotopic (exact) mass is 738 g/mol. The highest BCUT2D eigenvalue weighted by atomic mass is 32.2. The van der Waals surface area contributed by atoms with E-state index in [0.29, 0.717) is 51.4 Å². The molecule has 3 aliphatic heterocycles. The summed E-state index contributed by atoms with van der Waals surface area (Å²) in [5.74, 6) is -0.827. The van der Waals surface area contributed by atoms with Crippen molar-refractivity contribution in [2.75, 3.05) is 6.54 Å². The second kappa shape index (κ2) is 13.3. The van der Waals surface area contributed by atoms with Crippen molar-refractivity contribution in [3.63, 3.8) is 0 Å². The normalized spacial score (nSPS) is 30.3. The minimum atomic E-state index is -3.90. The number of benzene rings is 1. The van der Waals surface area contributed by atoms with Gasteiger partial charge in [-0.05, 0) is 96.3 Å². The number of aromatic nitrogens is 2. The molecule has 1 saturated heterocycles. The van der Waals surface area contributed by atoms with Gasteiger partial charge >= 0.3 is 0 Å². The number of allylic oxidation sites excluding steroid dienone is 2. The van der Waals surface area contributed by atoms with Gasteiger partial charge in [-0.1, -0.05) is 49.3 Å². The Balaban J connectivity index is 1.15. The third-order valence-electron chi connectivity index (χ3n) is 12.8. The molecule has 0 bridgehead atoms. The number of pyridine rings is 2. The van der Waals surface area contributed by atoms with Crippen molar-refractivity contribution in [2.24, 2.45) is 17.3 Å². The van der Waals surface area contributed by atoms with E-state index in [1.165, 1.54) is 0 Å². The molecule has 2 aliphatic carbocycles. The topological polar surface area (TPSA) is 136 Å². The van der Waals surface area contributed by atoms with Crippen LogP contribution in [0.3, 0.4) is 0 Å². The number of Topliss-reactive ketones (excluding diaryl/α,β-unsaturated/α-hetero) is 1. The molecule has 3 fully saturated rings. The number of fused-ring (bicyclic) bond motifs is 5. The minimum absolute atomic E-state index is 0.0885. The lowest BCUT2D eigenvalue weighted by Gasteiger charge is -2.36. The summed E-state index contributed by atoms with van der Waals surface area (Å²) in [5.41, 5.74) is 2.53. The van der Waals surface area contributed by atoms with E-state index in [4.69, 9.17) is 14.7 Å². The van der Waals surface area contributed by atoms with E-state index < -0.39 is 37.7 Å². The van der Waals surface area contributed by atoms with Gasteiger partial charge < -0.3 is 9.64 Å². The largest absolute Gasteiger partial charge is 0.483 e. The minimum Gasteiger partial charge on any atom is -0.483 e. The summed E-state index contributed by atoms with van der Waals surface area (Å²) in [5, 5.41) is 1.05. The van der Waals surface area contributed by atoms with Crippen molar-refractivity contribution in [3.05, 3.63) is 77.3 Å². The summed E-state index contributed by atoms with van der Waals surface area (Å²) in [7, 11) is -3.90. The predicted octanol–water partition coefficient (Wildman–Crippen LogP) is 6.25. The van der Waals surface area contributed by atoms with Crippen molar-refractivity contribution in [1.82, 2.24) is 19.6 Å². The summed E-state index contributed by atoms with van der Waals surface area (Å²) in [6.07, 6.45) is 11.7. The standard InChI is InChI=1S/C42H50N4O6S/c1-27-12-11-15-31(43-27)22-29-13-7-5-4-6-8-14-30-23-42(30,39(49)45-53(50,51)40(3)20-21-40)25-36(47)35-24-41(26-46(35)38(29)48)19-18-33-32-16-9-10-17-34(32)44-28(2)37(33)52-41/h8-12,14-17,29-30,35H,4-7,13,18-26H2,1-3H3,(H,45,49)/b14-8-/t29-,30-,35+,41-,42-/m1/s1. The highest BCUT2D eigenvalue weighted by Crippen LogP contribution is 2.58. The third kappa shape index (κ3) is 6.67. The number of carbonyl (C=O) groups excluding carboxylic acids is 3. The molecule has 53 heavy (non-hydrogen) atoms. The molecule has 3 aromatic rings. The summed E-state index contributed by atoms with van der Waals surface area (Å²) >= 11 is 0. The number of para-hydroxylation sites is 1. The molecule has 5 atom stereocenters. The maximum absolute atomic E-state index is 14.9. The Bertz CT molecular complexity index is 2130. The van der Waals surface area contributed by atoms with Crippen molar-refractivity contribution in [3.8, 4) is 5.75 Å². The number of ether oxygens (including phenoxy) is 1. The van der Waals surface area contributed by atoms with Crippen LogP contribution in [0.5, 0.6) is 5.75 Å². The van der Waals surface area contributed by atoms with Gasteiger partial charge in [-0.3, -0.25) is 24.1 Å². The molecule has 280 valence electrons. The molecule has 1 aromatic carbocycles. The van der Waals surface area contributed by atoms with Gasteiger partial charge in [0.25, 0.3) is 0 Å². The summed E-state index contributed by atoms with van der Waals surface area (Å²) in [6.45, 7) is 5.79.